The van der Waals surface area contributed by atoms with Gasteiger partial charge in [0, 0.05) is 11.8 Å². The fraction of sp³-hybridized carbons (Fsp3) is 0.625. The van der Waals surface area contributed by atoms with Gasteiger partial charge in [0.2, 0.25) is 0 Å². The number of hydrogen-bond donors (Lipinski definition) is 1. The van der Waals surface area contributed by atoms with Crippen LogP contribution in [0.2, 0.25) is 0 Å². The quantitative estimate of drug-likeness (QED) is 0.568. The van der Waals surface area contributed by atoms with Crippen molar-refractivity contribution in [3.63, 3.8) is 0 Å². The van der Waals surface area contributed by atoms with Crippen molar-refractivity contribution in [3.8, 4) is 11.5 Å². The Balaban J connectivity index is 1.86. The Bertz CT molecular complexity index is 798. The number of ether oxygens (including phenoxy) is 3. The van der Waals surface area contributed by atoms with Gasteiger partial charge in [-0.25, -0.2) is 4.79 Å². The standard InChI is InChI=1S/C24H34O5/c1-15(2)18-10-12-23(4)11-9-16(3)21(14-24(18,23)26)29-22(25)17-7-8-19(27-5)20(13-17)28-6/h7-9,13,15,18,21,26H,10-12,14H2,1-6H3. The van der Waals surface area contributed by atoms with Crippen molar-refractivity contribution in [1.29, 1.82) is 0 Å². The number of allylic oxidation sites excluding steroid dienone is 1. The first kappa shape index (κ1) is 21.7. The second kappa shape index (κ2) is 8.02. The van der Waals surface area contributed by atoms with Gasteiger partial charge >= 0.3 is 5.97 Å². The van der Waals surface area contributed by atoms with Crippen LogP contribution >= 0.6 is 0 Å². The van der Waals surface area contributed by atoms with Crippen molar-refractivity contribution >= 4 is 5.97 Å². The van der Waals surface area contributed by atoms with Crippen molar-refractivity contribution in [2.24, 2.45) is 17.3 Å². The molecule has 1 N–H and O–H groups in total. The van der Waals surface area contributed by atoms with Crippen molar-refractivity contribution in [2.75, 3.05) is 14.2 Å². The molecule has 0 radical (unpaired) electrons. The fourth-order valence-electron chi connectivity index (χ4n) is 5.19. The summed E-state index contributed by atoms with van der Waals surface area (Å²) in [6, 6.07) is 4.99. The highest BCUT2D eigenvalue weighted by molar-refractivity contribution is 5.90. The predicted octanol–water partition coefficient (Wildman–Crippen LogP) is 4.77. The van der Waals surface area contributed by atoms with E-state index in [2.05, 4.69) is 26.8 Å². The van der Waals surface area contributed by atoms with Crippen LogP contribution in [-0.4, -0.2) is 37.0 Å². The van der Waals surface area contributed by atoms with Gasteiger partial charge in [0.15, 0.2) is 11.5 Å². The molecule has 0 aromatic heterocycles. The van der Waals surface area contributed by atoms with Gasteiger partial charge < -0.3 is 19.3 Å². The lowest BCUT2D eigenvalue weighted by Crippen LogP contribution is -2.49. The molecule has 0 saturated heterocycles. The molecule has 2 aliphatic rings. The molecule has 160 valence electrons. The molecule has 4 unspecified atom stereocenters. The Kier molecular flexibility index (Phi) is 6.00. The Morgan fingerprint density at radius 1 is 1.21 bits per heavy atom. The summed E-state index contributed by atoms with van der Waals surface area (Å²) in [6.07, 6.45) is 4.95. The lowest BCUT2D eigenvalue weighted by atomic mass is 9.67. The summed E-state index contributed by atoms with van der Waals surface area (Å²) in [5.74, 6) is 1.20. The van der Waals surface area contributed by atoms with Gasteiger partial charge in [-0.2, -0.15) is 0 Å². The Labute approximate surface area is 174 Å². The van der Waals surface area contributed by atoms with E-state index in [0.29, 0.717) is 29.4 Å². The highest BCUT2D eigenvalue weighted by Gasteiger charge is 2.58. The molecule has 0 aliphatic heterocycles. The number of aliphatic hydroxyl groups is 1. The third-order valence-corrected chi connectivity index (χ3v) is 7.22. The molecular weight excluding hydrogens is 368 g/mol. The van der Waals surface area contributed by atoms with Crippen LogP contribution in [0.3, 0.4) is 0 Å². The van der Waals surface area contributed by atoms with Gasteiger partial charge in [0.05, 0.1) is 25.4 Å². The summed E-state index contributed by atoms with van der Waals surface area (Å²) in [7, 11) is 3.09. The van der Waals surface area contributed by atoms with Gasteiger partial charge in [0.1, 0.15) is 6.10 Å². The van der Waals surface area contributed by atoms with E-state index < -0.39 is 17.7 Å². The highest BCUT2D eigenvalue weighted by atomic mass is 16.5. The third kappa shape index (κ3) is 3.77. The lowest BCUT2D eigenvalue weighted by Gasteiger charge is -2.44. The second-order valence-electron chi connectivity index (χ2n) is 9.19. The summed E-state index contributed by atoms with van der Waals surface area (Å²) in [5.41, 5.74) is 0.373. The first-order valence-electron chi connectivity index (χ1n) is 10.5. The predicted molar refractivity (Wildman–Crippen MR) is 112 cm³/mol. The van der Waals surface area contributed by atoms with E-state index in [0.717, 1.165) is 24.8 Å². The molecule has 3 rings (SSSR count). The van der Waals surface area contributed by atoms with Crippen LogP contribution in [0.15, 0.2) is 29.8 Å². The molecule has 1 saturated carbocycles. The van der Waals surface area contributed by atoms with Crippen molar-refractivity contribution in [2.45, 2.75) is 65.1 Å². The minimum atomic E-state index is -0.849. The lowest BCUT2D eigenvalue weighted by molar-refractivity contribution is -0.114. The SMILES string of the molecule is COc1ccc(C(=O)OC2CC3(O)C(C(C)C)CCC3(C)CC=C2C)cc1OC. The van der Waals surface area contributed by atoms with Crippen LogP contribution < -0.4 is 9.47 Å². The molecule has 1 fully saturated rings. The minimum Gasteiger partial charge on any atom is -0.493 e. The van der Waals surface area contributed by atoms with Gasteiger partial charge in [0.25, 0.3) is 0 Å². The van der Waals surface area contributed by atoms with E-state index in [1.807, 2.05) is 6.92 Å². The van der Waals surface area contributed by atoms with E-state index >= 15 is 0 Å². The minimum absolute atomic E-state index is 0.187. The molecule has 29 heavy (non-hydrogen) atoms. The van der Waals surface area contributed by atoms with Crippen LogP contribution in [0, 0.1) is 17.3 Å². The molecule has 1 aromatic rings. The molecular formula is C24H34O5. The average Bonchev–Trinajstić information content (AvgIpc) is 2.91. The zero-order valence-corrected chi connectivity index (χ0v) is 18.5. The number of carbonyl (C=O) groups excluding carboxylic acids is 1. The first-order chi connectivity index (χ1) is 13.6. The van der Waals surface area contributed by atoms with Crippen LogP contribution in [0.5, 0.6) is 11.5 Å². The zero-order valence-electron chi connectivity index (χ0n) is 18.5. The monoisotopic (exact) mass is 402 g/mol. The van der Waals surface area contributed by atoms with Crippen LogP contribution in [0.1, 0.15) is 63.7 Å². The van der Waals surface area contributed by atoms with Gasteiger partial charge in [-0.15, -0.1) is 0 Å². The molecule has 0 heterocycles. The maximum absolute atomic E-state index is 12.9. The number of hydrogen-bond acceptors (Lipinski definition) is 5. The van der Waals surface area contributed by atoms with Gasteiger partial charge in [-0.05, 0) is 61.8 Å². The number of benzene rings is 1. The Morgan fingerprint density at radius 3 is 2.52 bits per heavy atom. The van der Waals surface area contributed by atoms with Crippen LogP contribution in [0.25, 0.3) is 0 Å². The smallest absolute Gasteiger partial charge is 0.338 e. The number of carbonyl (C=O) groups is 1. The molecule has 0 spiro atoms. The topological polar surface area (TPSA) is 65.0 Å². The van der Waals surface area contributed by atoms with Gasteiger partial charge in [-0.1, -0.05) is 26.8 Å². The summed E-state index contributed by atoms with van der Waals surface area (Å²) in [4.78, 5) is 12.9. The van der Waals surface area contributed by atoms with Crippen LogP contribution in [-0.2, 0) is 4.74 Å². The number of fused-ring (bicyclic) bond motifs is 1. The van der Waals surface area contributed by atoms with E-state index in [1.165, 1.54) is 7.11 Å². The van der Waals surface area contributed by atoms with Crippen molar-refractivity contribution < 1.29 is 24.1 Å². The number of rotatable bonds is 5. The molecule has 5 heteroatoms. The zero-order chi connectivity index (χ0) is 21.4. The summed E-state index contributed by atoms with van der Waals surface area (Å²) >= 11 is 0. The highest BCUT2D eigenvalue weighted by Crippen LogP contribution is 2.58. The Morgan fingerprint density at radius 2 is 1.90 bits per heavy atom. The van der Waals surface area contributed by atoms with E-state index in [9.17, 15) is 9.90 Å². The molecule has 1 aromatic carbocycles. The van der Waals surface area contributed by atoms with Crippen molar-refractivity contribution in [3.05, 3.63) is 35.4 Å². The van der Waals surface area contributed by atoms with Crippen molar-refractivity contribution in [1.82, 2.24) is 0 Å². The number of methoxy groups -OCH3 is 2. The summed E-state index contributed by atoms with van der Waals surface area (Å²) < 4.78 is 16.5. The number of esters is 1. The molecule has 0 bridgehead atoms. The molecule has 0 amide bonds. The summed E-state index contributed by atoms with van der Waals surface area (Å²) in [6.45, 7) is 8.51. The van der Waals surface area contributed by atoms with E-state index in [1.54, 1.807) is 25.3 Å². The largest absolute Gasteiger partial charge is 0.493 e. The maximum Gasteiger partial charge on any atom is 0.338 e. The Hall–Kier alpha value is -2.01. The summed E-state index contributed by atoms with van der Waals surface area (Å²) in [5, 5.41) is 11.8. The molecule has 4 atom stereocenters. The molecule has 5 nitrogen and oxygen atoms in total. The third-order valence-electron chi connectivity index (χ3n) is 7.22. The van der Waals surface area contributed by atoms with E-state index in [4.69, 9.17) is 14.2 Å². The normalized spacial score (nSPS) is 31.7. The fourth-order valence-corrected chi connectivity index (χ4v) is 5.19. The second-order valence-corrected chi connectivity index (χ2v) is 9.19. The molecule has 2 aliphatic carbocycles. The van der Waals surface area contributed by atoms with Gasteiger partial charge in [-0.3, -0.25) is 0 Å². The van der Waals surface area contributed by atoms with E-state index in [-0.39, 0.29) is 11.3 Å². The maximum atomic E-state index is 12.9. The van der Waals surface area contributed by atoms with Crippen LogP contribution in [0.4, 0.5) is 0 Å². The average molecular weight is 403 g/mol. The first-order valence-corrected chi connectivity index (χ1v) is 10.5.